The molecule has 1 aliphatic heterocycles. The summed E-state index contributed by atoms with van der Waals surface area (Å²) in [7, 11) is 1.46. The Balaban J connectivity index is 2.51. The molecular formula is C28H44N4O12S. The highest BCUT2D eigenvalue weighted by Gasteiger charge is 2.31. The summed E-state index contributed by atoms with van der Waals surface area (Å²) in [6, 6.07) is -0.975. The highest BCUT2D eigenvalue weighted by molar-refractivity contribution is 7.98. The van der Waals surface area contributed by atoms with Crippen molar-refractivity contribution >= 4 is 58.9 Å². The molecule has 0 radical (unpaired) electrons. The van der Waals surface area contributed by atoms with Crippen LogP contribution >= 0.6 is 11.8 Å². The van der Waals surface area contributed by atoms with Crippen LogP contribution < -0.4 is 10.6 Å². The molecule has 254 valence electrons. The van der Waals surface area contributed by atoms with E-state index in [1.165, 1.54) is 18.8 Å². The SMILES string of the molecule is CN[C@@H](CC(=O)NCCN1CCN(CC(=O)C[C@@H](CC(=O)C[C@@H](CC(=O)C[C@@H](CSC)C(=O)O)C(=O)O)C(=O)O)CC1)C(=O)O. The number of rotatable bonds is 24. The molecule has 16 nitrogen and oxygen atoms in total. The van der Waals surface area contributed by atoms with Crippen molar-refractivity contribution in [3.8, 4) is 0 Å². The van der Waals surface area contributed by atoms with Gasteiger partial charge in [0.25, 0.3) is 0 Å². The second-order valence-corrected chi connectivity index (χ2v) is 12.0. The van der Waals surface area contributed by atoms with E-state index in [1.807, 2.05) is 4.90 Å². The molecule has 0 aromatic rings. The van der Waals surface area contributed by atoms with E-state index in [0.29, 0.717) is 39.3 Å². The predicted octanol–water partition coefficient (Wildman–Crippen LogP) is -1.09. The summed E-state index contributed by atoms with van der Waals surface area (Å²) in [6.45, 7) is 2.98. The van der Waals surface area contributed by atoms with Crippen molar-refractivity contribution in [2.24, 2.45) is 17.8 Å². The van der Waals surface area contributed by atoms with E-state index in [1.54, 1.807) is 6.26 Å². The van der Waals surface area contributed by atoms with Gasteiger partial charge in [-0.3, -0.25) is 48.2 Å². The van der Waals surface area contributed by atoms with Crippen LogP contribution in [0.15, 0.2) is 0 Å². The maximum absolute atomic E-state index is 12.7. The molecule has 4 atom stereocenters. The average Bonchev–Trinajstić information content (AvgIpc) is 2.95. The summed E-state index contributed by atoms with van der Waals surface area (Å²) in [5.41, 5.74) is 0. The molecule has 0 bridgehead atoms. The summed E-state index contributed by atoms with van der Waals surface area (Å²) in [6.07, 6.45) is -1.08. The lowest BCUT2D eigenvalue weighted by atomic mass is 9.88. The smallest absolute Gasteiger partial charge is 0.321 e. The first-order chi connectivity index (χ1) is 21.2. The second kappa shape index (κ2) is 20.6. The van der Waals surface area contributed by atoms with Gasteiger partial charge in [-0.1, -0.05) is 0 Å². The molecule has 0 aliphatic carbocycles. The number of piperazine rings is 1. The molecule has 0 aromatic heterocycles. The number of nitrogens with one attached hydrogen (secondary N) is 2. The molecule has 0 unspecified atom stereocenters. The number of amides is 1. The Labute approximate surface area is 265 Å². The first kappa shape index (κ1) is 39.6. The maximum atomic E-state index is 12.7. The maximum Gasteiger partial charge on any atom is 0.321 e. The minimum absolute atomic E-state index is 0.0316. The summed E-state index contributed by atoms with van der Waals surface area (Å²) < 4.78 is 0. The van der Waals surface area contributed by atoms with Crippen LogP contribution in [0.1, 0.15) is 38.5 Å². The minimum Gasteiger partial charge on any atom is -0.481 e. The van der Waals surface area contributed by atoms with Crippen molar-refractivity contribution in [2.75, 3.05) is 64.9 Å². The quantitative estimate of drug-likeness (QED) is 0.0719. The number of aliphatic carboxylic acids is 4. The standard InChI is InChI=1S/C28H44N4O12S/c1-29-23(28(43)44)14-24(36)30-3-4-31-5-7-32(8-6-31)15-22(35)12-18(26(39)40)11-20(33)9-17(25(37)38)10-21(34)13-19(16-45-2)27(41)42/h17-19,23,29H,3-16H2,1-2H3,(H,30,36)(H,37,38)(H,39,40)(H,41,42)(H,43,44)/t17-,18+,19-,23-/m0/s1. The number of hydrogen-bond donors (Lipinski definition) is 6. The number of likely N-dealkylation sites (N-methyl/N-ethyl adjacent to an activating group) is 1. The van der Waals surface area contributed by atoms with Crippen LogP contribution in [0, 0.1) is 17.8 Å². The van der Waals surface area contributed by atoms with Gasteiger partial charge in [0, 0.05) is 77.1 Å². The van der Waals surface area contributed by atoms with Crippen LogP contribution in [0.5, 0.6) is 0 Å². The van der Waals surface area contributed by atoms with Gasteiger partial charge in [-0.2, -0.15) is 11.8 Å². The first-order valence-corrected chi connectivity index (χ1v) is 15.9. The Hall–Kier alpha value is -3.41. The zero-order chi connectivity index (χ0) is 34.1. The number of Topliss-reactive ketones (excluding diaryl/α,β-unsaturated/α-hetero) is 3. The van der Waals surface area contributed by atoms with Crippen molar-refractivity contribution in [3.05, 3.63) is 0 Å². The third-order valence-corrected chi connectivity index (χ3v) is 8.17. The number of carbonyl (C=O) groups is 8. The summed E-state index contributed by atoms with van der Waals surface area (Å²) in [4.78, 5) is 99.2. The van der Waals surface area contributed by atoms with Gasteiger partial charge in [0.2, 0.25) is 5.91 Å². The molecule has 1 heterocycles. The largest absolute Gasteiger partial charge is 0.481 e. The number of hydrogen-bond acceptors (Lipinski definition) is 12. The van der Waals surface area contributed by atoms with Gasteiger partial charge >= 0.3 is 23.9 Å². The highest BCUT2D eigenvalue weighted by atomic mass is 32.2. The number of carboxylic acids is 4. The van der Waals surface area contributed by atoms with Crippen molar-refractivity contribution in [1.82, 2.24) is 20.4 Å². The van der Waals surface area contributed by atoms with Crippen molar-refractivity contribution < 1.29 is 58.8 Å². The lowest BCUT2D eigenvalue weighted by Gasteiger charge is -2.34. The lowest BCUT2D eigenvalue weighted by Crippen LogP contribution is -2.50. The Morgan fingerprint density at radius 3 is 1.51 bits per heavy atom. The molecule has 17 heteroatoms. The second-order valence-electron chi connectivity index (χ2n) is 11.0. The first-order valence-electron chi connectivity index (χ1n) is 14.5. The molecule has 1 rings (SSSR count). The summed E-state index contributed by atoms with van der Waals surface area (Å²) in [5, 5.41) is 42.5. The van der Waals surface area contributed by atoms with E-state index < -0.39 is 96.6 Å². The Kier molecular flexibility index (Phi) is 18.1. The number of carboxylic acid groups (broad SMARTS) is 4. The number of thioether (sulfide) groups is 1. The zero-order valence-electron chi connectivity index (χ0n) is 25.6. The monoisotopic (exact) mass is 660 g/mol. The van der Waals surface area contributed by atoms with E-state index in [0.717, 1.165) is 0 Å². The van der Waals surface area contributed by atoms with E-state index >= 15 is 0 Å². The third-order valence-electron chi connectivity index (χ3n) is 7.44. The summed E-state index contributed by atoms with van der Waals surface area (Å²) in [5.74, 6) is -10.9. The number of carbonyl (C=O) groups excluding carboxylic acids is 4. The lowest BCUT2D eigenvalue weighted by molar-refractivity contribution is -0.147. The van der Waals surface area contributed by atoms with E-state index in [-0.39, 0.29) is 25.1 Å². The third kappa shape index (κ3) is 15.9. The molecule has 1 aliphatic rings. The van der Waals surface area contributed by atoms with Crippen LogP contribution in [0.3, 0.4) is 0 Å². The molecule has 0 aromatic carbocycles. The topological polar surface area (TPSA) is 248 Å². The fourth-order valence-electron chi connectivity index (χ4n) is 4.86. The molecule has 0 saturated carbocycles. The molecule has 1 saturated heterocycles. The van der Waals surface area contributed by atoms with Gasteiger partial charge < -0.3 is 31.1 Å². The Morgan fingerprint density at radius 1 is 0.644 bits per heavy atom. The molecule has 0 spiro atoms. The number of nitrogens with zero attached hydrogens (tertiary/aromatic N) is 2. The highest BCUT2D eigenvalue weighted by Crippen LogP contribution is 2.20. The van der Waals surface area contributed by atoms with Gasteiger partial charge in [-0.25, -0.2) is 0 Å². The predicted molar refractivity (Wildman–Crippen MR) is 161 cm³/mol. The zero-order valence-corrected chi connectivity index (χ0v) is 26.4. The fourth-order valence-corrected chi connectivity index (χ4v) is 5.52. The number of ketones is 3. The van der Waals surface area contributed by atoms with Crippen LogP contribution in [0.25, 0.3) is 0 Å². The van der Waals surface area contributed by atoms with Gasteiger partial charge in [-0.05, 0) is 13.3 Å². The van der Waals surface area contributed by atoms with Gasteiger partial charge in [0.1, 0.15) is 23.4 Å². The van der Waals surface area contributed by atoms with Crippen LogP contribution in [-0.2, 0) is 38.4 Å². The van der Waals surface area contributed by atoms with E-state index in [2.05, 4.69) is 15.5 Å². The van der Waals surface area contributed by atoms with Gasteiger partial charge in [-0.15, -0.1) is 0 Å². The fraction of sp³-hybridized carbons (Fsp3) is 0.714. The van der Waals surface area contributed by atoms with Crippen molar-refractivity contribution in [1.29, 1.82) is 0 Å². The minimum atomic E-state index is -1.43. The molecule has 1 amide bonds. The Bertz CT molecular complexity index is 1080. The van der Waals surface area contributed by atoms with Gasteiger partial charge in [0.05, 0.1) is 30.7 Å². The van der Waals surface area contributed by atoms with E-state index in [4.69, 9.17) is 5.11 Å². The Morgan fingerprint density at radius 2 is 1.09 bits per heavy atom. The normalized spacial score (nSPS) is 16.6. The van der Waals surface area contributed by atoms with Crippen molar-refractivity contribution in [3.63, 3.8) is 0 Å². The van der Waals surface area contributed by atoms with Crippen molar-refractivity contribution in [2.45, 2.75) is 44.6 Å². The molecule has 1 fully saturated rings. The van der Waals surface area contributed by atoms with Gasteiger partial charge in [0.15, 0.2) is 0 Å². The summed E-state index contributed by atoms with van der Waals surface area (Å²) >= 11 is 1.23. The molecule has 45 heavy (non-hydrogen) atoms. The average molecular weight is 661 g/mol. The molecule has 6 N–H and O–H groups in total. The van der Waals surface area contributed by atoms with Crippen LogP contribution in [0.4, 0.5) is 0 Å². The van der Waals surface area contributed by atoms with Crippen LogP contribution in [0.2, 0.25) is 0 Å². The van der Waals surface area contributed by atoms with E-state index in [9.17, 15) is 53.7 Å². The molecular weight excluding hydrogens is 616 g/mol. The van der Waals surface area contributed by atoms with Crippen LogP contribution in [-0.4, -0.2) is 148 Å².